The van der Waals surface area contributed by atoms with Crippen molar-refractivity contribution >= 4 is 23.9 Å². The van der Waals surface area contributed by atoms with Crippen molar-refractivity contribution in [2.75, 3.05) is 0 Å². The maximum atomic E-state index is 10.9. The van der Waals surface area contributed by atoms with Crippen molar-refractivity contribution in [3.05, 3.63) is 0 Å². The molecule has 4 rings (SSSR count). The summed E-state index contributed by atoms with van der Waals surface area (Å²) in [7, 11) is 0. The van der Waals surface area contributed by atoms with Gasteiger partial charge in [0.05, 0.1) is 45.8 Å². The van der Waals surface area contributed by atoms with E-state index in [0.717, 1.165) is 0 Å². The Balaban J connectivity index is -0.000000314. The van der Waals surface area contributed by atoms with E-state index in [1.807, 2.05) is 55.4 Å². The maximum absolute atomic E-state index is 10.9. The van der Waals surface area contributed by atoms with Crippen LogP contribution >= 0.6 is 0 Å². The van der Waals surface area contributed by atoms with Gasteiger partial charge in [0.2, 0.25) is 0 Å². The van der Waals surface area contributed by atoms with Crippen LogP contribution in [0.25, 0.3) is 0 Å². The second-order valence-corrected chi connectivity index (χ2v) is 19.5. The molecule has 4 saturated heterocycles. The van der Waals surface area contributed by atoms with E-state index in [4.69, 9.17) is 20.4 Å². The zero-order valence-corrected chi connectivity index (χ0v) is 37.6. The van der Waals surface area contributed by atoms with E-state index in [2.05, 4.69) is 0 Å². The Morgan fingerprint density at radius 2 is 0.464 bits per heavy atom. The molecule has 0 aliphatic carbocycles. The van der Waals surface area contributed by atoms with Gasteiger partial charge >= 0.3 is 23.9 Å². The first-order chi connectivity index (χ1) is 22.8. The van der Waals surface area contributed by atoms with Crippen molar-refractivity contribution in [1.29, 1.82) is 0 Å². The predicted octanol–water partition coefficient (Wildman–Crippen LogP) is 3.70. The first-order valence-corrected chi connectivity index (χ1v) is 17.7. The van der Waals surface area contributed by atoms with E-state index >= 15 is 0 Å². The molecule has 0 aromatic heterocycles. The SMILES string of the molecule is CC1(C)CC(C(=O)O)C(C)(C)N1O.CC1(C)CC(C(=O)O)C(C)(C)N1O.CC1(C)CC(C(=O)O)C(C)(C)N1O.CC1(C)CC(C(=O)O)C(C)(C)N1O.O.O.[Cu].[Cu]. The number of aliphatic carboxylic acids is 4. The zero-order valence-electron chi connectivity index (χ0n) is 35.7. The van der Waals surface area contributed by atoms with Crippen molar-refractivity contribution in [2.24, 2.45) is 23.7 Å². The summed E-state index contributed by atoms with van der Waals surface area (Å²) in [6.45, 7) is 28.8. The van der Waals surface area contributed by atoms with Gasteiger partial charge in [-0.15, -0.1) is 0 Å². The Labute approximate surface area is 353 Å². The number of carboxylic acid groups (broad SMARTS) is 4. The quantitative estimate of drug-likeness (QED) is 0.187. The Morgan fingerprint density at radius 1 is 0.357 bits per heavy atom. The summed E-state index contributed by atoms with van der Waals surface area (Å²) in [5, 5.41) is 79.6. The molecule has 0 bridgehead atoms. The minimum atomic E-state index is -0.838. The number of hydrogen-bond acceptors (Lipinski definition) is 12. The Hall–Kier alpha value is -1.48. The molecular weight excluding hydrogens is 840 g/mol. The first-order valence-electron chi connectivity index (χ1n) is 17.7. The van der Waals surface area contributed by atoms with Crippen molar-refractivity contribution < 1.29 is 106 Å². The van der Waals surface area contributed by atoms with Crippen LogP contribution < -0.4 is 0 Å². The van der Waals surface area contributed by atoms with Gasteiger partial charge in [0, 0.05) is 56.3 Å². The van der Waals surface area contributed by atoms with E-state index in [1.165, 1.54) is 20.3 Å². The number of nitrogens with zero attached hydrogens (tertiary/aromatic N) is 4. The van der Waals surface area contributed by atoms with Crippen molar-refractivity contribution in [3.8, 4) is 0 Å². The fourth-order valence-corrected chi connectivity index (χ4v) is 8.61. The van der Waals surface area contributed by atoms with Crippen molar-refractivity contribution in [2.45, 2.75) is 181 Å². The van der Waals surface area contributed by atoms with Gasteiger partial charge in [0.25, 0.3) is 0 Å². The van der Waals surface area contributed by atoms with Gasteiger partial charge in [-0.1, -0.05) is 0 Å². The second-order valence-electron chi connectivity index (χ2n) is 19.5. The topological polar surface area (TPSA) is 306 Å². The van der Waals surface area contributed by atoms with Gasteiger partial charge < -0.3 is 52.2 Å². The second kappa shape index (κ2) is 19.7. The molecule has 0 spiro atoms. The molecule has 4 aliphatic rings. The van der Waals surface area contributed by atoms with Crippen molar-refractivity contribution in [1.82, 2.24) is 20.3 Å². The third-order valence-electron chi connectivity index (χ3n) is 11.9. The molecule has 0 amide bonds. The Kier molecular flexibility index (Phi) is 21.5. The molecule has 20 heteroatoms. The summed E-state index contributed by atoms with van der Waals surface area (Å²) < 4.78 is 0. The molecule has 56 heavy (non-hydrogen) atoms. The van der Waals surface area contributed by atoms with Gasteiger partial charge in [0.1, 0.15) is 0 Å². The third kappa shape index (κ3) is 12.3. The van der Waals surface area contributed by atoms with Crippen LogP contribution in [0, 0.1) is 23.7 Å². The van der Waals surface area contributed by atoms with E-state index in [-0.39, 0.29) is 45.1 Å². The molecule has 4 unspecified atom stereocenters. The Bertz CT molecular complexity index is 1160. The zero-order chi connectivity index (χ0) is 41.8. The largest absolute Gasteiger partial charge is 0.481 e. The van der Waals surface area contributed by atoms with Gasteiger partial charge in [-0.3, -0.25) is 19.2 Å². The fraction of sp³-hybridized carbons (Fsp3) is 0.889. The molecule has 0 saturated carbocycles. The average Bonchev–Trinajstić information content (AvgIpc) is 3.41. The summed E-state index contributed by atoms with van der Waals surface area (Å²) in [5.74, 6) is -5.38. The van der Waals surface area contributed by atoms with Gasteiger partial charge in [-0.05, 0) is 136 Å². The molecule has 342 valence electrons. The van der Waals surface area contributed by atoms with Crippen LogP contribution in [-0.4, -0.2) is 141 Å². The molecule has 4 heterocycles. The van der Waals surface area contributed by atoms with Gasteiger partial charge in [0.15, 0.2) is 0 Å². The summed E-state index contributed by atoms with van der Waals surface area (Å²) in [4.78, 5) is 43.7. The molecule has 4 atom stereocenters. The van der Waals surface area contributed by atoms with Crippen LogP contribution in [0.5, 0.6) is 0 Å². The summed E-state index contributed by atoms with van der Waals surface area (Å²) in [6.07, 6.45) is 1.91. The van der Waals surface area contributed by atoms with Crippen molar-refractivity contribution in [3.63, 3.8) is 0 Å². The van der Waals surface area contributed by atoms with Crippen LogP contribution in [0.1, 0.15) is 136 Å². The first kappa shape index (κ1) is 61.2. The molecule has 12 N–H and O–H groups in total. The molecule has 2 radical (unpaired) electrons. The number of rotatable bonds is 4. The molecule has 18 nitrogen and oxygen atoms in total. The number of hydrogen-bond donors (Lipinski definition) is 8. The van der Waals surface area contributed by atoms with E-state index in [1.54, 1.807) is 55.4 Å². The smallest absolute Gasteiger partial charge is 0.308 e. The molecule has 4 aliphatic heterocycles. The minimum absolute atomic E-state index is 0. The molecule has 4 fully saturated rings. The standard InChI is InChI=1S/4C9H17NO3.2Cu.2H2O/c4*1-8(2)5-6(7(11)12)9(3,4)10(8)13;;;;/h4*6,13H,5H2,1-4H3,(H,11,12);;;2*1H2. The number of carboxylic acids is 4. The average molecular weight is 912 g/mol. The third-order valence-corrected chi connectivity index (χ3v) is 11.9. The van der Waals surface area contributed by atoms with Crippen LogP contribution in [0.2, 0.25) is 0 Å². The number of hydroxylamine groups is 8. The van der Waals surface area contributed by atoms with E-state index in [9.17, 15) is 40.0 Å². The molecule has 0 aromatic rings. The van der Waals surface area contributed by atoms with Crippen LogP contribution in [0.15, 0.2) is 0 Å². The summed E-state index contributed by atoms with van der Waals surface area (Å²) in [5.41, 5.74) is -4.55. The van der Waals surface area contributed by atoms with Gasteiger partial charge in [-0.2, -0.15) is 20.3 Å². The Morgan fingerprint density at radius 3 is 0.500 bits per heavy atom. The number of carbonyl (C=O) groups is 4. The van der Waals surface area contributed by atoms with Crippen LogP contribution in [0.3, 0.4) is 0 Å². The van der Waals surface area contributed by atoms with Crippen LogP contribution in [0.4, 0.5) is 0 Å². The monoisotopic (exact) mass is 910 g/mol. The fourth-order valence-electron chi connectivity index (χ4n) is 8.61. The minimum Gasteiger partial charge on any atom is -0.481 e. The van der Waals surface area contributed by atoms with Crippen LogP contribution in [-0.2, 0) is 53.3 Å². The van der Waals surface area contributed by atoms with Gasteiger partial charge in [-0.25, -0.2) is 0 Å². The summed E-state index contributed by atoms with van der Waals surface area (Å²) >= 11 is 0. The molecule has 0 aromatic carbocycles. The van der Waals surface area contributed by atoms with E-state index < -0.39 is 91.9 Å². The maximum Gasteiger partial charge on any atom is 0.308 e. The summed E-state index contributed by atoms with van der Waals surface area (Å²) in [6, 6.07) is 0. The predicted molar refractivity (Wildman–Crippen MR) is 197 cm³/mol. The normalized spacial score (nSPS) is 29.6. The van der Waals surface area contributed by atoms with E-state index in [0.29, 0.717) is 25.7 Å². The molecular formula is C36H72Cu2N4O14.